The Labute approximate surface area is 436 Å². The standard InChI is InChI=1S/C64H120O6/c1-4-7-10-13-16-19-22-25-27-29-31-32-33-34-36-37-39-42-45-48-51-54-57-63(66)69-60-61(59-68-62(65)56-53-50-47-44-41-24-21-18-15-12-9-6-3)70-64(67)58-55-52-49-46-43-40-38-35-30-28-26-23-20-17-14-11-8-5-2/h18,21,28,30,61H,4-17,19-20,22-27,29,31-60H2,1-3H3/b21-18-,30-28-. The zero-order valence-electron chi connectivity index (χ0n) is 47.3. The summed E-state index contributed by atoms with van der Waals surface area (Å²) in [6.07, 6.45) is 70.4. The number of allylic oxidation sites excluding steroid dienone is 4. The van der Waals surface area contributed by atoms with Gasteiger partial charge in [0, 0.05) is 19.3 Å². The third kappa shape index (κ3) is 56.8. The van der Waals surface area contributed by atoms with E-state index in [1.807, 2.05) is 0 Å². The van der Waals surface area contributed by atoms with Crippen LogP contribution in [-0.4, -0.2) is 37.2 Å². The lowest BCUT2D eigenvalue weighted by Gasteiger charge is -2.18. The smallest absolute Gasteiger partial charge is 0.306 e. The van der Waals surface area contributed by atoms with Crippen molar-refractivity contribution in [2.45, 2.75) is 354 Å². The van der Waals surface area contributed by atoms with Gasteiger partial charge >= 0.3 is 17.9 Å². The lowest BCUT2D eigenvalue weighted by Crippen LogP contribution is -2.30. The van der Waals surface area contributed by atoms with Gasteiger partial charge in [-0.2, -0.15) is 0 Å². The molecule has 0 amide bonds. The van der Waals surface area contributed by atoms with Crippen LogP contribution < -0.4 is 0 Å². The largest absolute Gasteiger partial charge is 0.462 e. The minimum Gasteiger partial charge on any atom is -0.462 e. The van der Waals surface area contributed by atoms with Crippen molar-refractivity contribution in [1.82, 2.24) is 0 Å². The highest BCUT2D eigenvalue weighted by Crippen LogP contribution is 2.17. The van der Waals surface area contributed by atoms with E-state index in [0.717, 1.165) is 64.2 Å². The molecule has 1 unspecified atom stereocenters. The molecule has 0 aromatic heterocycles. The van der Waals surface area contributed by atoms with Crippen LogP contribution in [0, 0.1) is 0 Å². The zero-order valence-corrected chi connectivity index (χ0v) is 47.3. The van der Waals surface area contributed by atoms with Crippen molar-refractivity contribution < 1.29 is 28.6 Å². The van der Waals surface area contributed by atoms with Gasteiger partial charge in [0.1, 0.15) is 13.2 Å². The van der Waals surface area contributed by atoms with E-state index >= 15 is 0 Å². The molecule has 0 saturated heterocycles. The Morgan fingerprint density at radius 2 is 0.471 bits per heavy atom. The number of carbonyl (C=O) groups excluding carboxylic acids is 3. The van der Waals surface area contributed by atoms with Crippen LogP contribution in [0.4, 0.5) is 0 Å². The molecule has 0 aliphatic rings. The number of esters is 3. The van der Waals surface area contributed by atoms with Gasteiger partial charge in [0.2, 0.25) is 0 Å². The van der Waals surface area contributed by atoms with Gasteiger partial charge in [-0.05, 0) is 70.6 Å². The van der Waals surface area contributed by atoms with Crippen molar-refractivity contribution in [3.8, 4) is 0 Å². The van der Waals surface area contributed by atoms with Gasteiger partial charge in [-0.3, -0.25) is 14.4 Å². The highest BCUT2D eigenvalue weighted by atomic mass is 16.6. The van der Waals surface area contributed by atoms with Crippen molar-refractivity contribution >= 4 is 17.9 Å². The van der Waals surface area contributed by atoms with E-state index in [4.69, 9.17) is 14.2 Å². The first-order valence-corrected chi connectivity index (χ1v) is 31.3. The highest BCUT2D eigenvalue weighted by molar-refractivity contribution is 5.71. The van der Waals surface area contributed by atoms with Crippen LogP contribution in [-0.2, 0) is 28.6 Å². The Bertz CT molecular complexity index is 1130. The van der Waals surface area contributed by atoms with Crippen molar-refractivity contribution in [2.24, 2.45) is 0 Å². The molecule has 0 radical (unpaired) electrons. The maximum Gasteiger partial charge on any atom is 0.306 e. The van der Waals surface area contributed by atoms with Gasteiger partial charge in [-0.25, -0.2) is 0 Å². The molecule has 6 heteroatoms. The molecule has 0 fully saturated rings. The van der Waals surface area contributed by atoms with Crippen LogP contribution in [0.5, 0.6) is 0 Å². The fourth-order valence-electron chi connectivity index (χ4n) is 9.44. The second-order valence-electron chi connectivity index (χ2n) is 21.3. The van der Waals surface area contributed by atoms with E-state index in [9.17, 15) is 14.4 Å². The van der Waals surface area contributed by atoms with Crippen LogP contribution in [0.1, 0.15) is 348 Å². The number of hydrogen-bond acceptors (Lipinski definition) is 6. The molecule has 412 valence electrons. The minimum atomic E-state index is -0.774. The molecule has 0 N–H and O–H groups in total. The Morgan fingerprint density at radius 3 is 0.743 bits per heavy atom. The van der Waals surface area contributed by atoms with E-state index in [2.05, 4.69) is 45.1 Å². The first kappa shape index (κ1) is 67.9. The predicted molar refractivity (Wildman–Crippen MR) is 303 cm³/mol. The molecule has 0 bridgehead atoms. The fraction of sp³-hybridized carbons (Fsp3) is 0.891. The molecule has 0 aliphatic heterocycles. The topological polar surface area (TPSA) is 78.9 Å². The summed E-state index contributed by atoms with van der Waals surface area (Å²) >= 11 is 0. The van der Waals surface area contributed by atoms with Gasteiger partial charge in [0.25, 0.3) is 0 Å². The summed E-state index contributed by atoms with van der Waals surface area (Å²) in [5, 5.41) is 0. The maximum atomic E-state index is 12.9. The third-order valence-electron chi connectivity index (χ3n) is 14.2. The Morgan fingerprint density at radius 1 is 0.271 bits per heavy atom. The van der Waals surface area contributed by atoms with E-state index < -0.39 is 6.10 Å². The lowest BCUT2D eigenvalue weighted by atomic mass is 10.0. The maximum absolute atomic E-state index is 12.9. The number of carbonyl (C=O) groups is 3. The fourth-order valence-corrected chi connectivity index (χ4v) is 9.44. The zero-order chi connectivity index (χ0) is 50.7. The first-order chi connectivity index (χ1) is 34.5. The average Bonchev–Trinajstić information content (AvgIpc) is 3.36. The summed E-state index contributed by atoms with van der Waals surface area (Å²) in [6, 6.07) is 0. The monoisotopic (exact) mass is 985 g/mol. The van der Waals surface area contributed by atoms with Gasteiger partial charge in [-0.1, -0.05) is 283 Å². The van der Waals surface area contributed by atoms with E-state index in [0.29, 0.717) is 19.3 Å². The number of rotatable bonds is 58. The molecule has 1 atom stereocenters. The second-order valence-corrected chi connectivity index (χ2v) is 21.3. The Hall–Kier alpha value is -2.11. The molecule has 6 nitrogen and oxygen atoms in total. The van der Waals surface area contributed by atoms with Crippen LogP contribution in [0.2, 0.25) is 0 Å². The van der Waals surface area contributed by atoms with Crippen LogP contribution in [0.25, 0.3) is 0 Å². The van der Waals surface area contributed by atoms with Crippen molar-refractivity contribution in [2.75, 3.05) is 13.2 Å². The van der Waals surface area contributed by atoms with Crippen LogP contribution in [0.3, 0.4) is 0 Å². The van der Waals surface area contributed by atoms with Crippen molar-refractivity contribution in [1.29, 1.82) is 0 Å². The summed E-state index contributed by atoms with van der Waals surface area (Å²) in [7, 11) is 0. The average molecular weight is 986 g/mol. The van der Waals surface area contributed by atoms with Crippen LogP contribution >= 0.6 is 0 Å². The molecule has 0 aromatic carbocycles. The summed E-state index contributed by atoms with van der Waals surface area (Å²) in [5.74, 6) is -0.862. The summed E-state index contributed by atoms with van der Waals surface area (Å²) in [5.41, 5.74) is 0. The molecule has 0 aromatic rings. The SMILES string of the molecule is CCCCC/C=C\CCCCCCCC(=O)OCC(COC(=O)CCCCCCCCCCCCCCCCCCCCCCCC)OC(=O)CCCCCCCCC/C=C\CCCCCCCCC. The molecular formula is C64H120O6. The van der Waals surface area contributed by atoms with E-state index in [-0.39, 0.29) is 31.1 Å². The molecule has 0 heterocycles. The van der Waals surface area contributed by atoms with E-state index in [1.54, 1.807) is 0 Å². The van der Waals surface area contributed by atoms with Gasteiger partial charge in [0.05, 0.1) is 0 Å². The van der Waals surface area contributed by atoms with Crippen molar-refractivity contribution in [3.63, 3.8) is 0 Å². The van der Waals surface area contributed by atoms with Gasteiger partial charge in [0.15, 0.2) is 6.10 Å². The normalized spacial score (nSPS) is 12.1. The van der Waals surface area contributed by atoms with Crippen LogP contribution in [0.15, 0.2) is 24.3 Å². The minimum absolute atomic E-state index is 0.0709. The molecule has 0 rings (SSSR count). The number of ether oxygens (including phenoxy) is 3. The third-order valence-corrected chi connectivity index (χ3v) is 14.2. The molecular weight excluding hydrogens is 865 g/mol. The number of unbranched alkanes of at least 4 members (excludes halogenated alkanes) is 43. The Kier molecular flexibility index (Phi) is 57.7. The van der Waals surface area contributed by atoms with E-state index in [1.165, 1.54) is 244 Å². The quantitative estimate of drug-likeness (QED) is 0.0261. The Balaban J connectivity index is 4.26. The molecule has 0 aliphatic carbocycles. The summed E-state index contributed by atoms with van der Waals surface area (Å²) in [6.45, 7) is 6.66. The van der Waals surface area contributed by atoms with Gasteiger partial charge < -0.3 is 14.2 Å². The molecule has 0 saturated carbocycles. The molecule has 70 heavy (non-hydrogen) atoms. The molecule has 0 spiro atoms. The predicted octanol–water partition coefficient (Wildman–Crippen LogP) is 21.1. The first-order valence-electron chi connectivity index (χ1n) is 31.3. The van der Waals surface area contributed by atoms with Gasteiger partial charge in [-0.15, -0.1) is 0 Å². The highest BCUT2D eigenvalue weighted by Gasteiger charge is 2.19. The second kappa shape index (κ2) is 59.5. The summed E-state index contributed by atoms with van der Waals surface area (Å²) < 4.78 is 16.9. The summed E-state index contributed by atoms with van der Waals surface area (Å²) in [4.78, 5) is 38.2. The number of hydrogen-bond donors (Lipinski definition) is 0. The lowest BCUT2D eigenvalue weighted by molar-refractivity contribution is -0.167. The van der Waals surface area contributed by atoms with Crippen molar-refractivity contribution in [3.05, 3.63) is 24.3 Å².